The van der Waals surface area contributed by atoms with E-state index in [2.05, 4.69) is 29.0 Å². The van der Waals surface area contributed by atoms with Crippen molar-refractivity contribution in [2.75, 3.05) is 29.9 Å². The van der Waals surface area contributed by atoms with Crippen molar-refractivity contribution in [3.05, 3.63) is 53.7 Å². The third-order valence-corrected chi connectivity index (χ3v) is 3.98. The number of carbonyl (C=O) groups is 2. The van der Waals surface area contributed by atoms with E-state index in [1.54, 1.807) is 43.5 Å². The van der Waals surface area contributed by atoms with Crippen molar-refractivity contribution >= 4 is 23.4 Å². The average molecular weight is 369 g/mol. The topological polar surface area (TPSA) is 71.5 Å². The minimum Gasteiger partial charge on any atom is -0.462 e. The largest absolute Gasteiger partial charge is 0.462 e. The molecule has 0 unspecified atom stereocenters. The summed E-state index contributed by atoms with van der Waals surface area (Å²) in [7, 11) is 0. The van der Waals surface area contributed by atoms with Crippen LogP contribution in [0.15, 0.2) is 42.6 Å². The molecule has 27 heavy (non-hydrogen) atoms. The van der Waals surface area contributed by atoms with Crippen LogP contribution in [0.2, 0.25) is 0 Å². The number of pyridine rings is 1. The first-order valence-corrected chi connectivity index (χ1v) is 9.38. The number of benzene rings is 1. The van der Waals surface area contributed by atoms with Gasteiger partial charge in [-0.15, -0.1) is 0 Å². The Balaban J connectivity index is 2.02. The van der Waals surface area contributed by atoms with Gasteiger partial charge in [0.2, 0.25) is 0 Å². The fourth-order valence-corrected chi connectivity index (χ4v) is 2.70. The molecule has 1 heterocycles. The summed E-state index contributed by atoms with van der Waals surface area (Å²) in [6, 6.07) is 10.3. The van der Waals surface area contributed by atoms with Crippen LogP contribution in [0.25, 0.3) is 0 Å². The summed E-state index contributed by atoms with van der Waals surface area (Å²) >= 11 is 0. The predicted molar refractivity (Wildman–Crippen MR) is 107 cm³/mol. The van der Waals surface area contributed by atoms with E-state index in [1.165, 1.54) is 0 Å². The molecule has 0 atom stereocenters. The number of anilines is 2. The number of carbonyl (C=O) groups excluding carboxylic acids is 2. The summed E-state index contributed by atoms with van der Waals surface area (Å²) in [5, 5.41) is 2.81. The molecule has 0 aliphatic rings. The molecule has 2 rings (SSSR count). The van der Waals surface area contributed by atoms with Crippen LogP contribution < -0.4 is 10.2 Å². The number of aromatic nitrogens is 1. The van der Waals surface area contributed by atoms with Gasteiger partial charge in [0.1, 0.15) is 5.82 Å². The van der Waals surface area contributed by atoms with Crippen molar-refractivity contribution in [1.29, 1.82) is 0 Å². The Labute approximate surface area is 160 Å². The Bertz CT molecular complexity index is 736. The second kappa shape index (κ2) is 10.3. The molecule has 6 heteroatoms. The number of nitrogens with zero attached hydrogens (tertiary/aromatic N) is 2. The molecule has 0 bridgehead atoms. The van der Waals surface area contributed by atoms with E-state index in [0.717, 1.165) is 31.7 Å². The first kappa shape index (κ1) is 20.4. The Morgan fingerprint density at radius 2 is 1.59 bits per heavy atom. The van der Waals surface area contributed by atoms with E-state index in [1.807, 2.05) is 6.07 Å². The van der Waals surface area contributed by atoms with Gasteiger partial charge in [0.05, 0.1) is 17.7 Å². The lowest BCUT2D eigenvalue weighted by molar-refractivity contribution is 0.0526. The van der Waals surface area contributed by atoms with Gasteiger partial charge in [-0.1, -0.05) is 13.8 Å². The van der Waals surface area contributed by atoms with E-state index in [-0.39, 0.29) is 11.9 Å². The third kappa shape index (κ3) is 5.81. The number of ether oxygens (including phenoxy) is 1. The van der Waals surface area contributed by atoms with Gasteiger partial charge in [-0.3, -0.25) is 4.79 Å². The van der Waals surface area contributed by atoms with E-state index in [4.69, 9.17) is 4.74 Å². The second-order valence-electron chi connectivity index (χ2n) is 6.14. The zero-order valence-corrected chi connectivity index (χ0v) is 16.2. The SMILES string of the molecule is CCCN(CCC)c1ccc(C(=O)Nc2ccc(C(=O)OCC)cc2)cn1. The van der Waals surface area contributed by atoms with Crippen molar-refractivity contribution in [2.45, 2.75) is 33.6 Å². The maximum atomic E-state index is 12.4. The van der Waals surface area contributed by atoms with Crippen LogP contribution >= 0.6 is 0 Å². The monoisotopic (exact) mass is 369 g/mol. The molecule has 0 saturated heterocycles. The highest BCUT2D eigenvalue weighted by Crippen LogP contribution is 2.15. The fraction of sp³-hybridized carbons (Fsp3) is 0.381. The molecular weight excluding hydrogens is 342 g/mol. The molecule has 0 aliphatic heterocycles. The summed E-state index contributed by atoms with van der Waals surface area (Å²) in [5.74, 6) is 0.267. The van der Waals surface area contributed by atoms with E-state index < -0.39 is 0 Å². The third-order valence-electron chi connectivity index (χ3n) is 3.98. The van der Waals surface area contributed by atoms with Crippen molar-refractivity contribution in [2.24, 2.45) is 0 Å². The molecule has 0 spiro atoms. The highest BCUT2D eigenvalue weighted by molar-refractivity contribution is 6.04. The summed E-state index contributed by atoms with van der Waals surface area (Å²) in [6.45, 7) is 8.25. The summed E-state index contributed by atoms with van der Waals surface area (Å²) in [6.07, 6.45) is 3.69. The zero-order chi connectivity index (χ0) is 19.6. The van der Waals surface area contributed by atoms with E-state index in [9.17, 15) is 9.59 Å². The maximum Gasteiger partial charge on any atom is 0.338 e. The molecule has 0 fully saturated rings. The number of hydrogen-bond donors (Lipinski definition) is 1. The molecule has 1 amide bonds. The van der Waals surface area contributed by atoms with Gasteiger partial charge in [0.15, 0.2) is 0 Å². The lowest BCUT2D eigenvalue weighted by Crippen LogP contribution is -2.26. The maximum absolute atomic E-state index is 12.4. The average Bonchev–Trinajstić information content (AvgIpc) is 2.68. The molecular formula is C21H27N3O3. The Hall–Kier alpha value is -2.89. The molecule has 0 radical (unpaired) electrons. The number of amides is 1. The normalized spacial score (nSPS) is 10.3. The lowest BCUT2D eigenvalue weighted by Gasteiger charge is -2.22. The van der Waals surface area contributed by atoms with Crippen molar-refractivity contribution in [3.63, 3.8) is 0 Å². The molecule has 144 valence electrons. The van der Waals surface area contributed by atoms with E-state index >= 15 is 0 Å². The molecule has 6 nitrogen and oxygen atoms in total. The smallest absolute Gasteiger partial charge is 0.338 e. The van der Waals surface area contributed by atoms with Crippen molar-refractivity contribution in [3.8, 4) is 0 Å². The van der Waals surface area contributed by atoms with Crippen LogP contribution in [0.1, 0.15) is 54.3 Å². The number of rotatable bonds is 9. The van der Waals surface area contributed by atoms with Crippen molar-refractivity contribution in [1.82, 2.24) is 4.98 Å². The number of hydrogen-bond acceptors (Lipinski definition) is 5. The highest BCUT2D eigenvalue weighted by Gasteiger charge is 2.11. The summed E-state index contributed by atoms with van der Waals surface area (Å²) < 4.78 is 4.94. The molecule has 0 aliphatic carbocycles. The summed E-state index contributed by atoms with van der Waals surface area (Å²) in [5.41, 5.74) is 1.55. The van der Waals surface area contributed by atoms with Gasteiger partial charge in [-0.25, -0.2) is 9.78 Å². The standard InChI is InChI=1S/C21H27N3O3/c1-4-13-24(14-5-2)19-12-9-17(15-22-19)20(25)23-18-10-7-16(8-11-18)21(26)27-6-3/h7-12,15H,4-6,13-14H2,1-3H3,(H,23,25). The summed E-state index contributed by atoms with van der Waals surface area (Å²) in [4.78, 5) is 30.7. The van der Waals surface area contributed by atoms with Gasteiger partial charge in [-0.2, -0.15) is 0 Å². The van der Waals surface area contributed by atoms with E-state index in [0.29, 0.717) is 23.4 Å². The fourth-order valence-electron chi connectivity index (χ4n) is 2.70. The zero-order valence-electron chi connectivity index (χ0n) is 16.2. The Kier molecular flexibility index (Phi) is 7.79. The number of esters is 1. The lowest BCUT2D eigenvalue weighted by atomic mass is 10.2. The first-order chi connectivity index (χ1) is 13.1. The van der Waals surface area contributed by atoms with Crippen LogP contribution in [-0.4, -0.2) is 36.6 Å². The quantitative estimate of drug-likeness (QED) is 0.673. The van der Waals surface area contributed by atoms with Crippen LogP contribution in [0, 0.1) is 0 Å². The highest BCUT2D eigenvalue weighted by atomic mass is 16.5. The molecule has 0 saturated carbocycles. The Morgan fingerprint density at radius 3 is 2.11 bits per heavy atom. The van der Waals surface area contributed by atoms with Crippen LogP contribution in [0.4, 0.5) is 11.5 Å². The van der Waals surface area contributed by atoms with Gasteiger partial charge in [0.25, 0.3) is 5.91 Å². The number of nitrogens with one attached hydrogen (secondary N) is 1. The Morgan fingerprint density at radius 1 is 0.963 bits per heavy atom. The van der Waals surface area contributed by atoms with Crippen LogP contribution in [0.3, 0.4) is 0 Å². The van der Waals surface area contributed by atoms with Gasteiger partial charge < -0.3 is 15.0 Å². The van der Waals surface area contributed by atoms with Gasteiger partial charge >= 0.3 is 5.97 Å². The van der Waals surface area contributed by atoms with Gasteiger partial charge in [-0.05, 0) is 56.2 Å². The predicted octanol–water partition coefficient (Wildman–Crippen LogP) is 4.14. The molecule has 2 aromatic rings. The molecule has 1 aromatic heterocycles. The second-order valence-corrected chi connectivity index (χ2v) is 6.14. The minimum absolute atomic E-state index is 0.240. The first-order valence-electron chi connectivity index (χ1n) is 9.38. The van der Waals surface area contributed by atoms with Crippen molar-refractivity contribution < 1.29 is 14.3 Å². The van der Waals surface area contributed by atoms with Crippen LogP contribution in [0.5, 0.6) is 0 Å². The van der Waals surface area contributed by atoms with Crippen LogP contribution in [-0.2, 0) is 4.74 Å². The molecule has 1 N–H and O–H groups in total. The molecule has 1 aromatic carbocycles. The minimum atomic E-state index is -0.376. The van der Waals surface area contributed by atoms with Gasteiger partial charge in [0, 0.05) is 25.0 Å².